The molecule has 4 rings (SSSR count). The van der Waals surface area contributed by atoms with Gasteiger partial charge in [0, 0.05) is 11.1 Å². The lowest BCUT2D eigenvalue weighted by atomic mass is 10.0. The van der Waals surface area contributed by atoms with Gasteiger partial charge in [-0.15, -0.1) is 0 Å². The van der Waals surface area contributed by atoms with Crippen LogP contribution in [-0.2, 0) is 0 Å². The summed E-state index contributed by atoms with van der Waals surface area (Å²) in [5, 5.41) is 0. The van der Waals surface area contributed by atoms with E-state index in [1.165, 1.54) is 0 Å². The molecule has 0 aliphatic carbocycles. The molecule has 6 heteroatoms. The van der Waals surface area contributed by atoms with E-state index in [9.17, 15) is 9.59 Å². The molecule has 1 aliphatic rings. The van der Waals surface area contributed by atoms with Gasteiger partial charge in [0.1, 0.15) is 0 Å². The molecule has 0 atom stereocenters. The Morgan fingerprint density at radius 1 is 0.905 bits per heavy atom. The number of aromatic nitrogens is 2. The van der Waals surface area contributed by atoms with Gasteiger partial charge in [0.15, 0.2) is 17.3 Å². The number of hydrogen-bond donors (Lipinski definition) is 2. The predicted octanol–water partition coefficient (Wildman–Crippen LogP) is 1.82. The van der Waals surface area contributed by atoms with Gasteiger partial charge in [0.2, 0.25) is 6.79 Å². The zero-order chi connectivity index (χ0) is 14.4. The molecule has 21 heavy (non-hydrogen) atoms. The third-order valence-corrected chi connectivity index (χ3v) is 3.41. The molecule has 2 N–H and O–H groups in total. The van der Waals surface area contributed by atoms with Crippen LogP contribution in [0, 0.1) is 0 Å². The van der Waals surface area contributed by atoms with Gasteiger partial charge in [-0.3, -0.25) is 4.79 Å². The second kappa shape index (κ2) is 4.24. The number of nitrogens with one attached hydrogen (secondary N) is 2. The second-order valence-electron chi connectivity index (χ2n) is 4.74. The smallest absolute Gasteiger partial charge is 0.323 e. The SMILES string of the molecule is O=C(c1ccc2c(c1)OCO2)c1ccc2[nH]c(=O)[nH]c2c1. The zero-order valence-electron chi connectivity index (χ0n) is 10.8. The Hall–Kier alpha value is -3.02. The van der Waals surface area contributed by atoms with Crippen LogP contribution in [0.15, 0.2) is 41.2 Å². The zero-order valence-corrected chi connectivity index (χ0v) is 10.8. The number of rotatable bonds is 2. The van der Waals surface area contributed by atoms with Crippen LogP contribution in [0.1, 0.15) is 15.9 Å². The van der Waals surface area contributed by atoms with Crippen molar-refractivity contribution >= 4 is 16.8 Å². The van der Waals surface area contributed by atoms with Crippen molar-refractivity contribution in [1.82, 2.24) is 9.97 Å². The monoisotopic (exact) mass is 282 g/mol. The first kappa shape index (κ1) is 11.8. The van der Waals surface area contributed by atoms with Gasteiger partial charge in [-0.25, -0.2) is 4.79 Å². The maximum atomic E-state index is 12.5. The summed E-state index contributed by atoms with van der Waals surface area (Å²) < 4.78 is 10.5. The molecular formula is C15H10N2O4. The van der Waals surface area contributed by atoms with Crippen molar-refractivity contribution in [2.75, 3.05) is 6.79 Å². The Bertz CT molecular complexity index is 923. The standard InChI is InChI=1S/C15H10N2O4/c18-14(9-2-4-12-13(6-9)21-7-20-12)8-1-3-10-11(5-8)17-15(19)16-10/h1-6H,7H2,(H2,16,17,19). The summed E-state index contributed by atoms with van der Waals surface area (Å²) in [6.07, 6.45) is 0. The lowest BCUT2D eigenvalue weighted by Crippen LogP contribution is -2.01. The Balaban J connectivity index is 1.77. The van der Waals surface area contributed by atoms with E-state index < -0.39 is 0 Å². The fourth-order valence-corrected chi connectivity index (χ4v) is 2.38. The van der Waals surface area contributed by atoms with Gasteiger partial charge in [0.05, 0.1) is 11.0 Å². The van der Waals surface area contributed by atoms with Crippen molar-refractivity contribution < 1.29 is 14.3 Å². The van der Waals surface area contributed by atoms with Crippen molar-refractivity contribution in [1.29, 1.82) is 0 Å². The highest BCUT2D eigenvalue weighted by atomic mass is 16.7. The van der Waals surface area contributed by atoms with Crippen LogP contribution in [0.2, 0.25) is 0 Å². The molecule has 6 nitrogen and oxygen atoms in total. The lowest BCUT2D eigenvalue weighted by Gasteiger charge is -2.03. The number of carbonyl (C=O) groups is 1. The minimum atomic E-state index is -0.294. The number of H-pyrrole nitrogens is 2. The van der Waals surface area contributed by atoms with E-state index in [1.807, 2.05) is 0 Å². The molecule has 0 saturated heterocycles. The molecule has 0 unspecified atom stereocenters. The summed E-state index contributed by atoms with van der Waals surface area (Å²) >= 11 is 0. The van der Waals surface area contributed by atoms with Gasteiger partial charge >= 0.3 is 5.69 Å². The molecule has 104 valence electrons. The van der Waals surface area contributed by atoms with E-state index in [-0.39, 0.29) is 18.3 Å². The van der Waals surface area contributed by atoms with Crippen molar-refractivity contribution in [3.63, 3.8) is 0 Å². The summed E-state index contributed by atoms with van der Waals surface area (Å²) in [5.41, 5.74) is 1.99. The predicted molar refractivity (Wildman–Crippen MR) is 74.9 cm³/mol. The van der Waals surface area contributed by atoms with E-state index in [0.29, 0.717) is 33.7 Å². The summed E-state index contributed by atoms with van der Waals surface area (Å²) in [6.45, 7) is 0.170. The van der Waals surface area contributed by atoms with Crippen molar-refractivity contribution in [2.24, 2.45) is 0 Å². The maximum Gasteiger partial charge on any atom is 0.323 e. The molecule has 1 aromatic heterocycles. The largest absolute Gasteiger partial charge is 0.454 e. The topological polar surface area (TPSA) is 84.2 Å². The number of benzene rings is 2. The molecule has 0 saturated carbocycles. The Morgan fingerprint density at radius 2 is 1.62 bits per heavy atom. The molecule has 1 aliphatic heterocycles. The van der Waals surface area contributed by atoms with E-state index >= 15 is 0 Å². The van der Waals surface area contributed by atoms with Crippen molar-refractivity contribution in [3.8, 4) is 11.5 Å². The fraction of sp³-hybridized carbons (Fsp3) is 0.0667. The summed E-state index contributed by atoms with van der Waals surface area (Å²) in [5.74, 6) is 1.06. The maximum absolute atomic E-state index is 12.5. The van der Waals surface area contributed by atoms with Crippen molar-refractivity contribution in [2.45, 2.75) is 0 Å². The van der Waals surface area contributed by atoms with E-state index in [0.717, 1.165) is 0 Å². The first-order valence-electron chi connectivity index (χ1n) is 6.37. The molecule has 0 spiro atoms. The number of imidazole rings is 1. The van der Waals surface area contributed by atoms with Crippen LogP contribution in [0.4, 0.5) is 0 Å². The third-order valence-electron chi connectivity index (χ3n) is 3.41. The number of ether oxygens (including phenoxy) is 2. The Morgan fingerprint density at radius 3 is 2.52 bits per heavy atom. The van der Waals surface area contributed by atoms with Crippen LogP contribution < -0.4 is 15.2 Å². The minimum Gasteiger partial charge on any atom is -0.454 e. The molecular weight excluding hydrogens is 272 g/mol. The Labute approximate surface area is 118 Å². The highest BCUT2D eigenvalue weighted by molar-refractivity contribution is 6.10. The second-order valence-corrected chi connectivity index (χ2v) is 4.74. The number of ketones is 1. The van der Waals surface area contributed by atoms with Gasteiger partial charge in [-0.2, -0.15) is 0 Å². The first-order valence-corrected chi connectivity index (χ1v) is 6.37. The molecule has 0 radical (unpaired) electrons. The van der Waals surface area contributed by atoms with E-state index in [2.05, 4.69) is 9.97 Å². The van der Waals surface area contributed by atoms with Crippen LogP contribution in [0.5, 0.6) is 11.5 Å². The molecule has 2 aromatic carbocycles. The minimum absolute atomic E-state index is 0.141. The summed E-state index contributed by atoms with van der Waals surface area (Å²) in [6, 6.07) is 10.1. The highest BCUT2D eigenvalue weighted by Gasteiger charge is 2.17. The highest BCUT2D eigenvalue weighted by Crippen LogP contribution is 2.33. The van der Waals surface area contributed by atoms with Gasteiger partial charge in [-0.1, -0.05) is 0 Å². The Kier molecular flexibility index (Phi) is 2.38. The summed E-state index contributed by atoms with van der Waals surface area (Å²) in [4.78, 5) is 29.0. The third kappa shape index (κ3) is 1.88. The van der Waals surface area contributed by atoms with Crippen LogP contribution in [-0.4, -0.2) is 22.5 Å². The first-order chi connectivity index (χ1) is 10.2. The summed E-state index contributed by atoms with van der Waals surface area (Å²) in [7, 11) is 0. The van der Waals surface area contributed by atoms with Crippen LogP contribution in [0.25, 0.3) is 11.0 Å². The van der Waals surface area contributed by atoms with Crippen molar-refractivity contribution in [3.05, 3.63) is 58.0 Å². The molecule has 2 heterocycles. The lowest BCUT2D eigenvalue weighted by molar-refractivity contribution is 0.103. The molecule has 0 bridgehead atoms. The van der Waals surface area contributed by atoms with Crippen LogP contribution in [0.3, 0.4) is 0 Å². The molecule has 0 fully saturated rings. The number of fused-ring (bicyclic) bond motifs is 2. The molecule has 3 aromatic rings. The normalized spacial score (nSPS) is 12.8. The average Bonchev–Trinajstić information content (AvgIpc) is 3.09. The average molecular weight is 282 g/mol. The number of hydrogen-bond acceptors (Lipinski definition) is 4. The van der Waals surface area contributed by atoms with Crippen LogP contribution >= 0.6 is 0 Å². The van der Waals surface area contributed by atoms with Gasteiger partial charge < -0.3 is 19.4 Å². The quantitative estimate of drug-likeness (QED) is 0.702. The number of carbonyl (C=O) groups excluding carboxylic acids is 1. The van der Waals surface area contributed by atoms with Gasteiger partial charge in [0.25, 0.3) is 0 Å². The fourth-order valence-electron chi connectivity index (χ4n) is 2.38. The van der Waals surface area contributed by atoms with E-state index in [4.69, 9.17) is 9.47 Å². The molecule has 0 amide bonds. The number of aromatic amines is 2. The van der Waals surface area contributed by atoms with E-state index in [1.54, 1.807) is 36.4 Å². The van der Waals surface area contributed by atoms with Gasteiger partial charge in [-0.05, 0) is 36.4 Å².